The highest BCUT2D eigenvalue weighted by Crippen LogP contribution is 2.34. The summed E-state index contributed by atoms with van der Waals surface area (Å²) < 4.78 is 5.32. The largest absolute Gasteiger partial charge is 0.487 e. The molecule has 0 bridgehead atoms. The SMILES string of the molecule is CCOc1cccc(NCCN(CC)CC)c1[N+](=O)[O-]. The first kappa shape index (κ1) is 16.2. The molecule has 0 atom stereocenters. The molecule has 1 rings (SSSR count). The van der Waals surface area contributed by atoms with Crippen LogP contribution in [0.4, 0.5) is 11.4 Å². The van der Waals surface area contributed by atoms with Gasteiger partial charge in [-0.3, -0.25) is 10.1 Å². The van der Waals surface area contributed by atoms with Gasteiger partial charge in [0.15, 0.2) is 5.75 Å². The average Bonchev–Trinajstić information content (AvgIpc) is 2.44. The molecule has 0 amide bonds. The van der Waals surface area contributed by atoms with Crippen LogP contribution in [0.5, 0.6) is 5.75 Å². The molecule has 1 N–H and O–H groups in total. The Hall–Kier alpha value is -1.82. The monoisotopic (exact) mass is 281 g/mol. The van der Waals surface area contributed by atoms with Gasteiger partial charge < -0.3 is 15.0 Å². The Morgan fingerprint density at radius 1 is 1.30 bits per heavy atom. The van der Waals surface area contributed by atoms with E-state index in [9.17, 15) is 10.1 Å². The molecule has 0 radical (unpaired) electrons. The second-order valence-electron chi connectivity index (χ2n) is 4.30. The molecule has 0 aliphatic rings. The van der Waals surface area contributed by atoms with Gasteiger partial charge in [-0.15, -0.1) is 0 Å². The molecule has 6 nitrogen and oxygen atoms in total. The van der Waals surface area contributed by atoms with Gasteiger partial charge in [-0.25, -0.2) is 0 Å². The van der Waals surface area contributed by atoms with Gasteiger partial charge in [-0.1, -0.05) is 19.9 Å². The van der Waals surface area contributed by atoms with E-state index in [0.29, 0.717) is 24.6 Å². The second-order valence-corrected chi connectivity index (χ2v) is 4.30. The number of nitro benzene ring substituents is 1. The molecule has 20 heavy (non-hydrogen) atoms. The molecule has 1 aromatic carbocycles. The molecule has 0 aromatic heterocycles. The van der Waals surface area contributed by atoms with E-state index in [2.05, 4.69) is 24.1 Å². The first-order valence-corrected chi connectivity index (χ1v) is 7.00. The van der Waals surface area contributed by atoms with Gasteiger partial charge in [0.05, 0.1) is 11.5 Å². The smallest absolute Gasteiger partial charge is 0.333 e. The van der Waals surface area contributed by atoms with Crippen LogP contribution in [0, 0.1) is 10.1 Å². The van der Waals surface area contributed by atoms with E-state index < -0.39 is 4.92 Å². The fourth-order valence-corrected chi connectivity index (χ4v) is 2.01. The van der Waals surface area contributed by atoms with Gasteiger partial charge in [-0.05, 0) is 32.1 Å². The van der Waals surface area contributed by atoms with Crippen LogP contribution in [-0.4, -0.2) is 42.6 Å². The van der Waals surface area contributed by atoms with Crippen molar-refractivity contribution in [1.29, 1.82) is 0 Å². The van der Waals surface area contributed by atoms with Crippen molar-refractivity contribution in [2.75, 3.05) is 38.1 Å². The third-order valence-electron chi connectivity index (χ3n) is 3.12. The van der Waals surface area contributed by atoms with Gasteiger partial charge in [0.1, 0.15) is 5.69 Å². The summed E-state index contributed by atoms with van der Waals surface area (Å²) in [5.74, 6) is 0.310. The Morgan fingerprint density at radius 3 is 2.55 bits per heavy atom. The first-order chi connectivity index (χ1) is 9.63. The number of anilines is 1. The Kier molecular flexibility index (Phi) is 6.79. The highest BCUT2D eigenvalue weighted by Gasteiger charge is 2.20. The lowest BCUT2D eigenvalue weighted by Gasteiger charge is -2.18. The number of rotatable bonds is 9. The molecule has 0 saturated carbocycles. The van der Waals surface area contributed by atoms with Crippen LogP contribution < -0.4 is 10.1 Å². The fraction of sp³-hybridized carbons (Fsp3) is 0.571. The van der Waals surface area contributed by atoms with Gasteiger partial charge in [0.2, 0.25) is 0 Å². The number of likely N-dealkylation sites (N-methyl/N-ethyl adjacent to an activating group) is 1. The van der Waals surface area contributed by atoms with Crippen LogP contribution in [0.3, 0.4) is 0 Å². The number of nitro groups is 1. The van der Waals surface area contributed by atoms with Crippen molar-refractivity contribution in [3.63, 3.8) is 0 Å². The summed E-state index contributed by atoms with van der Waals surface area (Å²) in [5, 5.41) is 14.3. The lowest BCUT2D eigenvalue weighted by Crippen LogP contribution is -2.28. The summed E-state index contributed by atoms with van der Waals surface area (Å²) in [4.78, 5) is 13.1. The third kappa shape index (κ3) is 4.38. The normalized spacial score (nSPS) is 10.6. The van der Waals surface area contributed by atoms with Crippen LogP contribution in [0.2, 0.25) is 0 Å². The highest BCUT2D eigenvalue weighted by atomic mass is 16.6. The number of benzene rings is 1. The molecule has 0 fully saturated rings. The highest BCUT2D eigenvalue weighted by molar-refractivity contribution is 5.68. The molecular formula is C14H23N3O3. The molecule has 0 spiro atoms. The molecule has 0 aliphatic carbocycles. The zero-order chi connectivity index (χ0) is 15.0. The Balaban J connectivity index is 2.78. The molecule has 1 aromatic rings. The summed E-state index contributed by atoms with van der Waals surface area (Å²) in [5.41, 5.74) is 0.516. The predicted molar refractivity (Wildman–Crippen MR) is 80.5 cm³/mol. The van der Waals surface area contributed by atoms with Gasteiger partial charge in [-0.2, -0.15) is 0 Å². The van der Waals surface area contributed by atoms with Crippen molar-refractivity contribution >= 4 is 11.4 Å². The molecule has 0 saturated heterocycles. The van der Waals surface area contributed by atoms with Gasteiger partial charge in [0.25, 0.3) is 0 Å². The summed E-state index contributed by atoms with van der Waals surface area (Å²) in [6.45, 7) is 9.87. The number of hydrogen-bond donors (Lipinski definition) is 1. The van der Waals surface area contributed by atoms with Crippen molar-refractivity contribution < 1.29 is 9.66 Å². The number of nitrogens with zero attached hydrogens (tertiary/aromatic N) is 2. The molecule has 0 unspecified atom stereocenters. The Labute approximate surface area is 119 Å². The minimum atomic E-state index is -0.398. The second kappa shape index (κ2) is 8.37. The van der Waals surface area contributed by atoms with Crippen LogP contribution >= 0.6 is 0 Å². The molecule has 0 heterocycles. The standard InChI is InChI=1S/C14H23N3O3/c1-4-16(5-2)11-10-15-12-8-7-9-13(20-6-3)14(12)17(18)19/h7-9,15H,4-6,10-11H2,1-3H3. The van der Waals surface area contributed by atoms with Crippen LogP contribution in [0.25, 0.3) is 0 Å². The zero-order valence-electron chi connectivity index (χ0n) is 12.4. The third-order valence-corrected chi connectivity index (χ3v) is 3.12. The van der Waals surface area contributed by atoms with Crippen LogP contribution in [0.1, 0.15) is 20.8 Å². The molecule has 0 aliphatic heterocycles. The van der Waals surface area contributed by atoms with E-state index in [4.69, 9.17) is 4.74 Å². The van der Waals surface area contributed by atoms with Crippen molar-refractivity contribution in [2.45, 2.75) is 20.8 Å². The van der Waals surface area contributed by atoms with Crippen molar-refractivity contribution in [3.05, 3.63) is 28.3 Å². The van der Waals surface area contributed by atoms with Crippen molar-refractivity contribution in [2.24, 2.45) is 0 Å². The molecule has 112 valence electrons. The predicted octanol–water partition coefficient (Wildman–Crippen LogP) is 2.75. The maximum absolute atomic E-state index is 11.2. The summed E-state index contributed by atoms with van der Waals surface area (Å²) in [6.07, 6.45) is 0. The summed E-state index contributed by atoms with van der Waals surface area (Å²) >= 11 is 0. The average molecular weight is 281 g/mol. The quantitative estimate of drug-likeness (QED) is 0.557. The van der Waals surface area contributed by atoms with E-state index >= 15 is 0 Å². The Bertz CT molecular complexity index is 434. The zero-order valence-corrected chi connectivity index (χ0v) is 12.4. The minimum Gasteiger partial charge on any atom is -0.487 e. The van der Waals surface area contributed by atoms with Gasteiger partial charge >= 0.3 is 5.69 Å². The van der Waals surface area contributed by atoms with E-state index in [1.807, 2.05) is 6.92 Å². The van der Waals surface area contributed by atoms with Crippen molar-refractivity contribution in [1.82, 2.24) is 4.90 Å². The lowest BCUT2D eigenvalue weighted by molar-refractivity contribution is -0.384. The number of nitrogens with one attached hydrogen (secondary N) is 1. The summed E-state index contributed by atoms with van der Waals surface area (Å²) in [6, 6.07) is 5.10. The number of para-hydroxylation sites is 1. The van der Waals surface area contributed by atoms with Crippen LogP contribution in [0.15, 0.2) is 18.2 Å². The van der Waals surface area contributed by atoms with Crippen LogP contribution in [-0.2, 0) is 0 Å². The van der Waals surface area contributed by atoms with Crippen molar-refractivity contribution in [3.8, 4) is 5.75 Å². The summed E-state index contributed by atoms with van der Waals surface area (Å²) in [7, 11) is 0. The minimum absolute atomic E-state index is 0.00824. The Morgan fingerprint density at radius 2 is 2.00 bits per heavy atom. The topological polar surface area (TPSA) is 67.6 Å². The first-order valence-electron chi connectivity index (χ1n) is 7.00. The van der Waals surface area contributed by atoms with E-state index in [0.717, 1.165) is 19.6 Å². The number of ether oxygens (including phenoxy) is 1. The maximum atomic E-state index is 11.2. The molecule has 6 heteroatoms. The molecular weight excluding hydrogens is 258 g/mol. The van der Waals surface area contributed by atoms with E-state index in [-0.39, 0.29) is 5.69 Å². The fourth-order valence-electron chi connectivity index (χ4n) is 2.01. The maximum Gasteiger partial charge on any atom is 0.333 e. The van der Waals surface area contributed by atoms with Gasteiger partial charge in [0, 0.05) is 13.1 Å². The lowest BCUT2D eigenvalue weighted by atomic mass is 10.2. The van der Waals surface area contributed by atoms with E-state index in [1.54, 1.807) is 18.2 Å². The number of hydrogen-bond acceptors (Lipinski definition) is 5. The van der Waals surface area contributed by atoms with E-state index in [1.165, 1.54) is 0 Å².